The summed E-state index contributed by atoms with van der Waals surface area (Å²) in [7, 11) is 0. The lowest BCUT2D eigenvalue weighted by molar-refractivity contribution is -0.113. The maximum absolute atomic E-state index is 12.1. The zero-order valence-electron chi connectivity index (χ0n) is 12.5. The van der Waals surface area contributed by atoms with Gasteiger partial charge in [0.15, 0.2) is 5.17 Å². The van der Waals surface area contributed by atoms with Crippen molar-refractivity contribution >= 4 is 40.5 Å². The van der Waals surface area contributed by atoms with Crippen LogP contribution in [0, 0.1) is 0 Å². The van der Waals surface area contributed by atoms with Crippen molar-refractivity contribution in [3.63, 3.8) is 0 Å². The van der Waals surface area contributed by atoms with E-state index in [1.54, 1.807) is 0 Å². The molecule has 4 nitrogen and oxygen atoms in total. The zero-order valence-corrected chi connectivity index (χ0v) is 14.0. The van der Waals surface area contributed by atoms with Gasteiger partial charge in [0.25, 0.3) is 5.91 Å². The van der Waals surface area contributed by atoms with Crippen LogP contribution in [-0.2, 0) is 4.79 Å². The first-order chi connectivity index (χ1) is 10.7. The Balaban J connectivity index is 1.67. The molecule has 1 aromatic rings. The van der Waals surface area contributed by atoms with Crippen LogP contribution in [0.3, 0.4) is 0 Å². The lowest BCUT2D eigenvalue weighted by atomic mass is 10.2. The van der Waals surface area contributed by atoms with Crippen LogP contribution in [0.1, 0.15) is 12.5 Å². The molecule has 2 aliphatic heterocycles. The number of aliphatic imine (C=N–C) groups is 1. The van der Waals surface area contributed by atoms with Gasteiger partial charge in [0.1, 0.15) is 0 Å². The van der Waals surface area contributed by atoms with E-state index in [-0.39, 0.29) is 5.91 Å². The number of hydrogen-bond donors (Lipinski definition) is 0. The quantitative estimate of drug-likeness (QED) is 0.778. The highest BCUT2D eigenvalue weighted by Crippen LogP contribution is 2.30. The third-order valence-electron chi connectivity index (χ3n) is 3.87. The number of likely N-dealkylation sites (N-methyl/N-ethyl adjacent to an activating group) is 1. The highest BCUT2D eigenvalue weighted by molar-refractivity contribution is 8.18. The second-order valence-corrected chi connectivity index (χ2v) is 6.73. The monoisotopic (exact) mass is 335 g/mol. The fraction of sp³-hybridized carbons (Fsp3) is 0.375. The fourth-order valence-corrected chi connectivity index (χ4v) is 3.59. The molecule has 2 aliphatic rings. The largest absolute Gasteiger partial charge is 0.348 e. The van der Waals surface area contributed by atoms with Crippen molar-refractivity contribution in [2.45, 2.75) is 6.92 Å². The minimum Gasteiger partial charge on any atom is -0.348 e. The van der Waals surface area contributed by atoms with Gasteiger partial charge in [-0.05, 0) is 42.1 Å². The Kier molecular flexibility index (Phi) is 4.86. The van der Waals surface area contributed by atoms with Crippen LogP contribution in [0.5, 0.6) is 0 Å². The van der Waals surface area contributed by atoms with Crippen LogP contribution >= 0.6 is 23.4 Å². The summed E-state index contributed by atoms with van der Waals surface area (Å²) >= 11 is 7.35. The normalized spacial score (nSPS) is 21.5. The summed E-state index contributed by atoms with van der Waals surface area (Å²) in [5.74, 6) is -0.145. The van der Waals surface area contributed by atoms with Crippen LogP contribution in [0.25, 0.3) is 6.08 Å². The Morgan fingerprint density at radius 3 is 2.55 bits per heavy atom. The minimum atomic E-state index is -0.145. The van der Waals surface area contributed by atoms with Gasteiger partial charge in [0.05, 0.1) is 4.91 Å². The maximum atomic E-state index is 12.1. The highest BCUT2D eigenvalue weighted by atomic mass is 35.5. The van der Waals surface area contributed by atoms with Crippen LogP contribution < -0.4 is 0 Å². The van der Waals surface area contributed by atoms with Crippen molar-refractivity contribution in [2.24, 2.45) is 4.99 Å². The summed E-state index contributed by atoms with van der Waals surface area (Å²) in [6.45, 7) is 7.17. The maximum Gasteiger partial charge on any atom is 0.286 e. The number of thioether (sulfide) groups is 1. The Hall–Kier alpha value is -1.30. The van der Waals surface area contributed by atoms with Gasteiger partial charge in [-0.3, -0.25) is 4.79 Å². The van der Waals surface area contributed by atoms with E-state index in [1.807, 2.05) is 30.3 Å². The third kappa shape index (κ3) is 3.54. The van der Waals surface area contributed by atoms with E-state index < -0.39 is 0 Å². The molecule has 116 valence electrons. The first kappa shape index (κ1) is 15.6. The van der Waals surface area contributed by atoms with Crippen LogP contribution in [0.15, 0.2) is 34.2 Å². The molecule has 0 bridgehead atoms. The number of hydrogen-bond acceptors (Lipinski definition) is 4. The second kappa shape index (κ2) is 6.86. The van der Waals surface area contributed by atoms with Crippen LogP contribution in [0.4, 0.5) is 0 Å². The van der Waals surface area contributed by atoms with Crippen LogP contribution in [0.2, 0.25) is 5.02 Å². The Morgan fingerprint density at radius 2 is 1.91 bits per heavy atom. The highest BCUT2D eigenvalue weighted by Gasteiger charge is 2.28. The average molecular weight is 336 g/mol. The molecule has 2 heterocycles. The van der Waals surface area contributed by atoms with Gasteiger partial charge in [-0.15, -0.1) is 0 Å². The molecule has 0 aromatic heterocycles. The Bertz CT molecular complexity index is 619. The molecule has 0 unspecified atom stereocenters. The third-order valence-corrected chi connectivity index (χ3v) is 5.16. The number of amidine groups is 1. The Labute approximate surface area is 139 Å². The number of halogens is 1. The first-order valence-corrected chi connectivity index (χ1v) is 8.60. The van der Waals surface area contributed by atoms with E-state index in [4.69, 9.17) is 11.6 Å². The lowest BCUT2D eigenvalue weighted by Crippen LogP contribution is -2.47. The number of carbonyl (C=O) groups excluding carboxylic acids is 1. The van der Waals surface area contributed by atoms with Crippen molar-refractivity contribution in [3.8, 4) is 0 Å². The van der Waals surface area contributed by atoms with Gasteiger partial charge < -0.3 is 9.80 Å². The summed E-state index contributed by atoms with van der Waals surface area (Å²) in [6.07, 6.45) is 1.88. The zero-order chi connectivity index (χ0) is 15.5. The first-order valence-electron chi connectivity index (χ1n) is 7.41. The molecular formula is C16H18ClN3OS. The van der Waals surface area contributed by atoms with E-state index in [1.165, 1.54) is 11.8 Å². The summed E-state index contributed by atoms with van der Waals surface area (Å²) in [5, 5.41) is 1.53. The number of nitrogens with zero attached hydrogens (tertiary/aromatic N) is 3. The molecule has 0 N–H and O–H groups in total. The van der Waals surface area contributed by atoms with Crippen molar-refractivity contribution in [1.82, 2.24) is 9.80 Å². The van der Waals surface area contributed by atoms with Gasteiger partial charge in [0, 0.05) is 31.2 Å². The van der Waals surface area contributed by atoms with Crippen LogP contribution in [-0.4, -0.2) is 53.6 Å². The minimum absolute atomic E-state index is 0.145. The SMILES string of the molecule is CCN1CCN(C2=NC(=O)C(=Cc3ccc(Cl)cc3)S2)CC1. The van der Waals surface area contributed by atoms with Crippen molar-refractivity contribution in [2.75, 3.05) is 32.7 Å². The summed E-state index contributed by atoms with van der Waals surface area (Å²) in [6, 6.07) is 7.45. The van der Waals surface area contributed by atoms with Crippen molar-refractivity contribution < 1.29 is 4.79 Å². The van der Waals surface area contributed by atoms with E-state index in [0.29, 0.717) is 9.93 Å². The molecular weight excluding hydrogens is 318 g/mol. The van der Waals surface area contributed by atoms with Gasteiger partial charge in [0.2, 0.25) is 0 Å². The topological polar surface area (TPSA) is 35.9 Å². The summed E-state index contributed by atoms with van der Waals surface area (Å²) in [5.41, 5.74) is 0.965. The van der Waals surface area contributed by atoms with Gasteiger partial charge >= 0.3 is 0 Å². The summed E-state index contributed by atoms with van der Waals surface area (Å²) < 4.78 is 0. The fourth-order valence-electron chi connectivity index (χ4n) is 2.50. The van der Waals surface area contributed by atoms with Gasteiger partial charge in [-0.1, -0.05) is 30.7 Å². The standard InChI is InChI=1S/C16H18ClN3OS/c1-2-19-7-9-20(10-8-19)16-18-15(21)14(22-16)11-12-3-5-13(17)6-4-12/h3-6,11H,2,7-10H2,1H3. The number of piperazine rings is 1. The molecule has 1 aromatic carbocycles. The predicted molar refractivity (Wildman–Crippen MR) is 93.1 cm³/mol. The molecule has 22 heavy (non-hydrogen) atoms. The van der Waals surface area contributed by atoms with Crippen molar-refractivity contribution in [3.05, 3.63) is 39.8 Å². The second-order valence-electron chi connectivity index (χ2n) is 5.28. The molecule has 3 rings (SSSR count). The van der Waals surface area contributed by atoms with E-state index >= 15 is 0 Å². The number of carbonyl (C=O) groups is 1. The van der Waals surface area contributed by atoms with E-state index in [0.717, 1.165) is 43.5 Å². The number of rotatable bonds is 2. The average Bonchev–Trinajstić information content (AvgIpc) is 2.91. The molecule has 0 radical (unpaired) electrons. The van der Waals surface area contributed by atoms with Gasteiger partial charge in [-0.25, -0.2) is 0 Å². The lowest BCUT2D eigenvalue weighted by Gasteiger charge is -2.34. The molecule has 6 heteroatoms. The smallest absolute Gasteiger partial charge is 0.286 e. The number of amides is 1. The molecule has 0 aliphatic carbocycles. The molecule has 1 fully saturated rings. The summed E-state index contributed by atoms with van der Waals surface area (Å²) in [4.78, 5) is 21.6. The molecule has 0 spiro atoms. The molecule has 0 atom stereocenters. The van der Waals surface area contributed by atoms with E-state index in [9.17, 15) is 4.79 Å². The molecule has 1 saturated heterocycles. The predicted octanol–water partition coefficient (Wildman–Crippen LogP) is 2.95. The van der Waals surface area contributed by atoms with E-state index in [2.05, 4.69) is 21.7 Å². The number of benzene rings is 1. The van der Waals surface area contributed by atoms with Crippen molar-refractivity contribution in [1.29, 1.82) is 0 Å². The van der Waals surface area contributed by atoms with Gasteiger partial charge in [-0.2, -0.15) is 4.99 Å². The Morgan fingerprint density at radius 1 is 1.23 bits per heavy atom. The molecule has 1 amide bonds. The molecule has 0 saturated carbocycles.